The number of likely N-dealkylation sites (tertiary alicyclic amines) is 1. The number of aromatic nitrogens is 3. The van der Waals surface area contributed by atoms with Gasteiger partial charge in [0.25, 0.3) is 0 Å². The Morgan fingerprint density at radius 3 is 2.69 bits per heavy atom. The lowest BCUT2D eigenvalue weighted by Gasteiger charge is -2.32. The first-order valence-corrected chi connectivity index (χ1v) is 12.4. The molecule has 0 saturated carbocycles. The number of hydrogen-bond acceptors (Lipinski definition) is 6. The first-order valence-electron chi connectivity index (χ1n) is 11.6. The Morgan fingerprint density at radius 1 is 1.17 bits per heavy atom. The number of alkyl halides is 3. The van der Waals surface area contributed by atoms with Crippen molar-refractivity contribution >= 4 is 38.3 Å². The molecule has 4 aromatic rings. The number of nitrogens with one attached hydrogen (secondary N) is 1. The van der Waals surface area contributed by atoms with Crippen molar-refractivity contribution in [2.45, 2.75) is 44.6 Å². The summed E-state index contributed by atoms with van der Waals surface area (Å²) >= 11 is 1.06. The van der Waals surface area contributed by atoms with Gasteiger partial charge in [-0.15, -0.1) is 17.8 Å². The fourth-order valence-electron chi connectivity index (χ4n) is 4.77. The molecule has 0 radical (unpaired) electrons. The maximum absolute atomic E-state index is 12.8. The molecule has 6 nitrogen and oxygen atoms in total. The molecule has 5 rings (SSSR count). The molecule has 0 unspecified atom stereocenters. The third-order valence-electron chi connectivity index (χ3n) is 6.43. The van der Waals surface area contributed by atoms with E-state index in [9.17, 15) is 13.2 Å². The van der Waals surface area contributed by atoms with E-state index in [-0.39, 0.29) is 17.5 Å². The van der Waals surface area contributed by atoms with E-state index < -0.39 is 12.6 Å². The minimum absolute atomic E-state index is 0.186. The number of nitrogens with zero attached hydrogens (tertiary/aromatic N) is 5. The van der Waals surface area contributed by atoms with Crippen LogP contribution in [-0.2, 0) is 19.5 Å². The zero-order valence-corrected chi connectivity index (χ0v) is 20.2. The van der Waals surface area contributed by atoms with E-state index >= 15 is 0 Å². The van der Waals surface area contributed by atoms with Gasteiger partial charge in [0, 0.05) is 35.9 Å². The topological polar surface area (TPSA) is 69.8 Å². The van der Waals surface area contributed by atoms with Crippen LogP contribution < -0.4 is 5.32 Å². The normalized spacial score (nSPS) is 15.2. The van der Waals surface area contributed by atoms with E-state index in [1.54, 1.807) is 6.07 Å². The Bertz CT molecular complexity index is 1480. The summed E-state index contributed by atoms with van der Waals surface area (Å²) in [6.07, 6.45) is 3.60. The molecule has 4 heterocycles. The van der Waals surface area contributed by atoms with Crippen LogP contribution in [0.2, 0.25) is 0 Å². The van der Waals surface area contributed by atoms with Crippen molar-refractivity contribution in [2.24, 2.45) is 0 Å². The van der Waals surface area contributed by atoms with Gasteiger partial charge in [-0.05, 0) is 42.7 Å². The Balaban J connectivity index is 1.22. The Hall–Kier alpha value is -3.60. The van der Waals surface area contributed by atoms with Crippen molar-refractivity contribution in [3.63, 3.8) is 0 Å². The molecule has 184 valence electrons. The molecule has 1 aromatic carbocycles. The summed E-state index contributed by atoms with van der Waals surface area (Å²) in [5.74, 6) is 3.25. The van der Waals surface area contributed by atoms with E-state index in [4.69, 9.17) is 11.7 Å². The highest BCUT2D eigenvalue weighted by atomic mass is 32.1. The molecule has 1 saturated heterocycles. The van der Waals surface area contributed by atoms with E-state index in [1.165, 1.54) is 11.9 Å². The molecule has 3 aromatic heterocycles. The number of halogens is 3. The first kappa shape index (κ1) is 24.1. The molecule has 1 N–H and O–H groups in total. The largest absolute Gasteiger partial charge is 0.393 e. The zero-order valence-electron chi connectivity index (χ0n) is 19.3. The van der Waals surface area contributed by atoms with Crippen molar-refractivity contribution in [1.82, 2.24) is 19.4 Å². The van der Waals surface area contributed by atoms with Crippen LogP contribution in [0.4, 0.5) is 19.0 Å². The monoisotopic (exact) mass is 508 g/mol. The summed E-state index contributed by atoms with van der Waals surface area (Å²) in [7, 11) is 0. The van der Waals surface area contributed by atoms with Crippen molar-refractivity contribution in [3.8, 4) is 18.4 Å². The third kappa shape index (κ3) is 5.15. The fraction of sp³-hybridized carbons (Fsp3) is 0.346. The van der Waals surface area contributed by atoms with Crippen LogP contribution in [0.25, 0.3) is 21.1 Å². The van der Waals surface area contributed by atoms with Gasteiger partial charge in [0.2, 0.25) is 0 Å². The number of fused-ring (bicyclic) bond motifs is 2. The predicted molar refractivity (Wildman–Crippen MR) is 135 cm³/mol. The van der Waals surface area contributed by atoms with E-state index in [0.29, 0.717) is 21.7 Å². The Labute approximate surface area is 210 Å². The second-order valence-electron chi connectivity index (χ2n) is 8.95. The maximum Gasteiger partial charge on any atom is 0.393 e. The number of anilines is 1. The summed E-state index contributed by atoms with van der Waals surface area (Å²) in [6, 6.07) is 12.1. The van der Waals surface area contributed by atoms with Gasteiger partial charge in [-0.3, -0.25) is 4.90 Å². The highest BCUT2D eigenvalue weighted by molar-refractivity contribution is 7.18. The predicted octanol–water partition coefficient (Wildman–Crippen LogP) is 5.33. The highest BCUT2D eigenvalue weighted by Gasteiger charge is 2.29. The van der Waals surface area contributed by atoms with Gasteiger partial charge in [0.05, 0.1) is 29.1 Å². The van der Waals surface area contributed by atoms with Gasteiger partial charge in [-0.1, -0.05) is 12.0 Å². The van der Waals surface area contributed by atoms with Gasteiger partial charge >= 0.3 is 6.18 Å². The number of benzene rings is 1. The first-order chi connectivity index (χ1) is 17.3. The van der Waals surface area contributed by atoms with Crippen molar-refractivity contribution in [2.75, 3.05) is 18.4 Å². The van der Waals surface area contributed by atoms with Crippen LogP contribution >= 0.6 is 11.3 Å². The average Bonchev–Trinajstić information content (AvgIpc) is 3.40. The molecule has 0 spiro atoms. The van der Waals surface area contributed by atoms with Crippen molar-refractivity contribution in [3.05, 3.63) is 52.8 Å². The second kappa shape index (κ2) is 9.81. The molecule has 0 bridgehead atoms. The van der Waals surface area contributed by atoms with Gasteiger partial charge < -0.3 is 9.88 Å². The van der Waals surface area contributed by atoms with Crippen LogP contribution in [0.5, 0.6) is 0 Å². The average molecular weight is 509 g/mol. The molecular weight excluding hydrogens is 485 g/mol. The Morgan fingerprint density at radius 2 is 1.97 bits per heavy atom. The smallest absolute Gasteiger partial charge is 0.367 e. The van der Waals surface area contributed by atoms with Crippen LogP contribution in [0.3, 0.4) is 0 Å². The lowest BCUT2D eigenvalue weighted by Crippen LogP contribution is -2.38. The van der Waals surface area contributed by atoms with Crippen LogP contribution in [0.1, 0.15) is 29.0 Å². The molecular formula is C26H23F3N6S. The lowest BCUT2D eigenvalue weighted by atomic mass is 10.0. The molecule has 1 aliphatic heterocycles. The third-order valence-corrected chi connectivity index (χ3v) is 7.48. The van der Waals surface area contributed by atoms with Crippen LogP contribution in [-0.4, -0.2) is 44.7 Å². The molecule has 1 aliphatic rings. The lowest BCUT2D eigenvalue weighted by molar-refractivity contribution is -0.126. The number of piperidine rings is 1. The summed E-state index contributed by atoms with van der Waals surface area (Å²) in [5, 5.41) is 14.2. The number of hydrogen-bond donors (Lipinski definition) is 1. The summed E-state index contributed by atoms with van der Waals surface area (Å²) in [4.78, 5) is 11.7. The van der Waals surface area contributed by atoms with E-state index in [0.717, 1.165) is 54.7 Å². The minimum atomic E-state index is -4.25. The Kier molecular flexibility index (Phi) is 6.57. The quantitative estimate of drug-likeness (QED) is 0.357. The molecule has 0 aliphatic carbocycles. The summed E-state index contributed by atoms with van der Waals surface area (Å²) in [5.41, 5.74) is 2.84. The highest BCUT2D eigenvalue weighted by Crippen LogP contribution is 2.33. The number of nitriles is 1. The minimum Gasteiger partial charge on any atom is -0.367 e. The standard InChI is InChI=1S/C26H23F3N6S/c1-2-20-12-18-11-17(3-4-23(18)35(20)10-7-30)15-34-8-5-19(6-9-34)33-24-22-13-21(14-26(27,28)29)36-25(22)32-16-31-24/h1,3-4,11-13,16,19H,5-6,8-10,14-15H2,(H,31,32,33). The number of thiophene rings is 1. The number of rotatable bonds is 6. The molecule has 0 amide bonds. The maximum atomic E-state index is 12.8. The van der Waals surface area contributed by atoms with Crippen molar-refractivity contribution < 1.29 is 13.2 Å². The molecule has 1 fully saturated rings. The van der Waals surface area contributed by atoms with Gasteiger partial charge in [0.1, 0.15) is 23.5 Å². The zero-order chi connectivity index (χ0) is 25.3. The summed E-state index contributed by atoms with van der Waals surface area (Å²) in [6.45, 7) is 2.80. The van der Waals surface area contributed by atoms with Crippen molar-refractivity contribution in [1.29, 1.82) is 5.26 Å². The van der Waals surface area contributed by atoms with Crippen LogP contribution in [0.15, 0.2) is 36.7 Å². The molecule has 36 heavy (non-hydrogen) atoms. The second-order valence-corrected chi connectivity index (χ2v) is 10.1. The SMILES string of the molecule is C#Cc1cc2cc(CN3CCC(Nc4ncnc5sc(CC(F)(F)F)cc45)CC3)ccc2n1CC#N. The van der Waals surface area contributed by atoms with Gasteiger partial charge in [-0.2, -0.15) is 18.4 Å². The molecule has 0 atom stereocenters. The van der Waals surface area contributed by atoms with Crippen LogP contribution in [0, 0.1) is 23.7 Å². The summed E-state index contributed by atoms with van der Waals surface area (Å²) < 4.78 is 40.3. The fourth-order valence-corrected chi connectivity index (χ4v) is 5.80. The van der Waals surface area contributed by atoms with Gasteiger partial charge in [-0.25, -0.2) is 9.97 Å². The van der Waals surface area contributed by atoms with Gasteiger partial charge in [0.15, 0.2) is 0 Å². The van der Waals surface area contributed by atoms with E-state index in [1.807, 2.05) is 16.7 Å². The van der Waals surface area contributed by atoms with E-state index in [2.05, 4.69) is 44.3 Å². The molecule has 10 heteroatoms. The number of terminal acetylenes is 1.